The summed E-state index contributed by atoms with van der Waals surface area (Å²) < 4.78 is 85.8. The first-order valence-electron chi connectivity index (χ1n) is 16.0. The molecule has 51 heavy (non-hydrogen) atoms. The molecule has 1 aromatic carbocycles. The number of methoxy groups -OCH3 is 1. The van der Waals surface area contributed by atoms with Gasteiger partial charge in [-0.3, -0.25) is 14.4 Å². The Labute approximate surface area is 299 Å². The average molecular weight is 766 g/mol. The lowest BCUT2D eigenvalue weighted by atomic mass is 10.1. The van der Waals surface area contributed by atoms with Crippen molar-refractivity contribution >= 4 is 40.6 Å². The highest BCUT2D eigenvalue weighted by molar-refractivity contribution is 6.34. The van der Waals surface area contributed by atoms with Crippen molar-refractivity contribution in [2.75, 3.05) is 51.0 Å². The highest BCUT2D eigenvalue weighted by atomic mass is 35.5. The highest BCUT2D eigenvalue weighted by Gasteiger charge is 2.35. The Balaban J connectivity index is 0.000000173. The molecular weight excluding hydrogens is 729 g/mol. The SMILES string of the molecule is CNC(=O)c1nn2c(c1Cl)CN(c1nc(OC)nc3c1COCC3)CCC2.FC(F)=C1CC2CCCN2C1.Nc1cc(Cl)c(C(F)(F)F)cc1F. The molecule has 19 heteroatoms. The maximum atomic E-state index is 12.6. The molecule has 4 aliphatic rings. The number of fused-ring (bicyclic) bond motifs is 3. The predicted molar refractivity (Wildman–Crippen MR) is 178 cm³/mol. The molecule has 6 heterocycles. The van der Waals surface area contributed by atoms with Gasteiger partial charge in [0.25, 0.3) is 12.0 Å². The molecule has 0 aliphatic carbocycles. The molecule has 2 aromatic heterocycles. The number of amides is 1. The van der Waals surface area contributed by atoms with E-state index in [1.54, 1.807) is 14.2 Å². The monoisotopic (exact) mass is 764 g/mol. The number of aromatic nitrogens is 4. The van der Waals surface area contributed by atoms with Gasteiger partial charge >= 0.3 is 12.2 Å². The topological polar surface area (TPSA) is 124 Å². The predicted octanol–water partition coefficient (Wildman–Crippen LogP) is 6.26. The molecule has 0 bridgehead atoms. The smallest absolute Gasteiger partial charge is 0.417 e. The van der Waals surface area contributed by atoms with Crippen LogP contribution < -0.4 is 20.7 Å². The second-order valence-electron chi connectivity index (χ2n) is 12.1. The summed E-state index contributed by atoms with van der Waals surface area (Å²) in [6, 6.07) is 1.80. The number of halogens is 8. The summed E-state index contributed by atoms with van der Waals surface area (Å²) in [6.45, 7) is 4.61. The molecule has 3 N–H and O–H groups in total. The Kier molecular flexibility index (Phi) is 12.2. The maximum absolute atomic E-state index is 12.6. The van der Waals surface area contributed by atoms with E-state index in [1.165, 1.54) is 6.42 Å². The molecule has 278 valence electrons. The van der Waals surface area contributed by atoms with E-state index in [1.807, 2.05) is 4.68 Å². The van der Waals surface area contributed by atoms with Crippen molar-refractivity contribution in [2.45, 2.75) is 64.0 Å². The van der Waals surface area contributed by atoms with Crippen LogP contribution in [0.4, 0.5) is 37.8 Å². The van der Waals surface area contributed by atoms with E-state index in [0.717, 1.165) is 61.2 Å². The van der Waals surface area contributed by atoms with Crippen LogP contribution in [0.25, 0.3) is 0 Å². The lowest BCUT2D eigenvalue weighted by Gasteiger charge is -2.27. The van der Waals surface area contributed by atoms with Crippen LogP contribution in [-0.2, 0) is 37.0 Å². The summed E-state index contributed by atoms with van der Waals surface area (Å²) in [4.78, 5) is 25.4. The van der Waals surface area contributed by atoms with E-state index in [2.05, 4.69) is 30.2 Å². The van der Waals surface area contributed by atoms with E-state index < -0.39 is 34.3 Å². The van der Waals surface area contributed by atoms with Crippen molar-refractivity contribution < 1.29 is 40.6 Å². The van der Waals surface area contributed by atoms with Crippen molar-refractivity contribution in [1.82, 2.24) is 30.0 Å². The molecule has 0 spiro atoms. The van der Waals surface area contributed by atoms with Gasteiger partial charge in [0.1, 0.15) is 11.6 Å². The van der Waals surface area contributed by atoms with Gasteiger partial charge in [-0.1, -0.05) is 23.2 Å². The van der Waals surface area contributed by atoms with Crippen molar-refractivity contribution in [3.63, 3.8) is 0 Å². The van der Waals surface area contributed by atoms with Gasteiger partial charge in [-0.05, 0) is 44.4 Å². The first kappa shape index (κ1) is 38.4. The molecule has 2 saturated heterocycles. The molecule has 2 fully saturated rings. The second kappa shape index (κ2) is 16.3. The van der Waals surface area contributed by atoms with Crippen molar-refractivity contribution in [2.24, 2.45) is 0 Å². The van der Waals surface area contributed by atoms with Gasteiger partial charge in [0, 0.05) is 50.3 Å². The number of hydrogen-bond acceptors (Lipinski definition) is 9. The summed E-state index contributed by atoms with van der Waals surface area (Å²) in [5.74, 6) is -0.623. The Morgan fingerprint density at radius 1 is 1.12 bits per heavy atom. The lowest BCUT2D eigenvalue weighted by Crippen LogP contribution is -2.28. The third-order valence-corrected chi connectivity index (χ3v) is 9.58. The number of nitrogens with zero attached hydrogens (tertiary/aromatic N) is 6. The van der Waals surface area contributed by atoms with Gasteiger partial charge < -0.3 is 25.4 Å². The van der Waals surface area contributed by atoms with Gasteiger partial charge in [0.05, 0.1) is 59.6 Å². The van der Waals surface area contributed by atoms with E-state index in [-0.39, 0.29) is 17.7 Å². The lowest BCUT2D eigenvalue weighted by molar-refractivity contribution is -0.137. The zero-order chi connectivity index (χ0) is 37.0. The summed E-state index contributed by atoms with van der Waals surface area (Å²) in [5.41, 5.74) is 6.74. The van der Waals surface area contributed by atoms with E-state index in [4.69, 9.17) is 38.4 Å². The van der Waals surface area contributed by atoms with E-state index in [9.17, 15) is 31.1 Å². The molecule has 11 nitrogen and oxygen atoms in total. The first-order valence-corrected chi connectivity index (χ1v) is 16.8. The number of carbonyl (C=O) groups is 1. The number of hydrogen-bond donors (Lipinski definition) is 2. The largest absolute Gasteiger partial charge is 0.467 e. The Morgan fingerprint density at radius 2 is 1.88 bits per heavy atom. The molecule has 0 radical (unpaired) electrons. The third-order valence-electron chi connectivity index (χ3n) is 8.87. The molecule has 1 unspecified atom stereocenters. The van der Waals surface area contributed by atoms with Crippen LogP contribution in [0.3, 0.4) is 0 Å². The number of nitrogen functional groups attached to an aromatic ring is 1. The zero-order valence-electron chi connectivity index (χ0n) is 27.7. The number of nitrogens with one attached hydrogen (secondary N) is 1. The number of carbonyl (C=O) groups excluding carboxylic acids is 1. The molecule has 1 amide bonds. The van der Waals surface area contributed by atoms with Gasteiger partial charge in [-0.25, -0.2) is 4.39 Å². The van der Waals surface area contributed by atoms with Crippen molar-refractivity contribution in [1.29, 1.82) is 0 Å². The van der Waals surface area contributed by atoms with Crippen molar-refractivity contribution in [3.05, 3.63) is 67.9 Å². The summed E-state index contributed by atoms with van der Waals surface area (Å²) in [6.07, 6.45) is -1.62. The fourth-order valence-electron chi connectivity index (χ4n) is 6.32. The Hall–Kier alpha value is -3.80. The standard InChI is InChI=1S/C17H21ClN6O3.C8H11F2N.C7H4ClF4N/c1-19-16(25)14-13(18)12-8-23(5-3-6-24(12)22-14)15-10-9-27-7-4-11(10)20-17(21-15)26-2;9-8(10)6-4-7-2-1-3-11(7)5-6;8-4-2-6(13)5(9)1-3(4)7(10,11)12/h3-9H2,1-2H3,(H,19,25);7H,1-5H2;1-2H,13H2. The maximum Gasteiger partial charge on any atom is 0.417 e. The van der Waals surface area contributed by atoms with Crippen LogP contribution in [0.1, 0.15) is 58.7 Å². The van der Waals surface area contributed by atoms with Gasteiger partial charge in [-0.2, -0.15) is 37.0 Å². The van der Waals surface area contributed by atoms with Crippen LogP contribution >= 0.6 is 23.2 Å². The molecule has 7 rings (SSSR count). The quantitative estimate of drug-likeness (QED) is 0.235. The number of ether oxygens (including phenoxy) is 2. The van der Waals surface area contributed by atoms with Crippen LogP contribution in [0.5, 0.6) is 6.01 Å². The fraction of sp³-hybridized carbons (Fsp3) is 0.500. The highest BCUT2D eigenvalue weighted by Crippen LogP contribution is 2.37. The second-order valence-corrected chi connectivity index (χ2v) is 12.9. The van der Waals surface area contributed by atoms with Crippen LogP contribution in [0.15, 0.2) is 23.8 Å². The minimum Gasteiger partial charge on any atom is -0.467 e. The van der Waals surface area contributed by atoms with Gasteiger partial charge in [0.15, 0.2) is 5.69 Å². The Morgan fingerprint density at radius 3 is 2.55 bits per heavy atom. The zero-order valence-corrected chi connectivity index (χ0v) is 29.2. The number of benzene rings is 1. The number of alkyl halides is 3. The number of anilines is 2. The fourth-order valence-corrected chi connectivity index (χ4v) is 6.88. The molecule has 1 atom stereocenters. The van der Waals surface area contributed by atoms with E-state index in [0.29, 0.717) is 61.9 Å². The summed E-state index contributed by atoms with van der Waals surface area (Å²) >= 11 is 11.7. The minimum absolute atomic E-state index is 0.252. The molecule has 4 aliphatic heterocycles. The normalized spacial score (nSPS) is 18.4. The Bertz CT molecular complexity index is 1770. The molecular formula is C32H36Cl2F6N8O3. The number of nitrogens with two attached hydrogens (primary N) is 1. The number of aryl methyl sites for hydroxylation is 1. The third kappa shape index (κ3) is 8.81. The van der Waals surface area contributed by atoms with Crippen LogP contribution in [0.2, 0.25) is 10.0 Å². The summed E-state index contributed by atoms with van der Waals surface area (Å²) in [7, 11) is 3.13. The number of rotatable bonds is 3. The first-order chi connectivity index (χ1) is 24.2. The minimum atomic E-state index is -4.66. The van der Waals surface area contributed by atoms with Crippen LogP contribution in [-0.4, -0.2) is 77.0 Å². The van der Waals surface area contributed by atoms with Crippen molar-refractivity contribution in [3.8, 4) is 6.01 Å². The van der Waals surface area contributed by atoms with Gasteiger partial charge in [-0.15, -0.1) is 0 Å². The summed E-state index contributed by atoms with van der Waals surface area (Å²) in [5, 5.41) is 6.75. The average Bonchev–Trinajstić information content (AvgIpc) is 3.75. The van der Waals surface area contributed by atoms with Crippen LogP contribution in [0, 0.1) is 5.82 Å². The molecule has 3 aromatic rings. The van der Waals surface area contributed by atoms with E-state index >= 15 is 0 Å². The molecule has 0 saturated carbocycles. The van der Waals surface area contributed by atoms with Gasteiger partial charge in [0.2, 0.25) is 0 Å².